The molecule has 0 radical (unpaired) electrons. The lowest BCUT2D eigenvalue weighted by atomic mass is 9.80. The van der Waals surface area contributed by atoms with E-state index in [1.165, 1.54) is 0 Å². The molecule has 2 N–H and O–H groups in total. The molecule has 0 bridgehead atoms. The highest BCUT2D eigenvalue weighted by atomic mass is 16.4. The smallest absolute Gasteiger partial charge is 0.309 e. The Morgan fingerprint density at radius 2 is 1.88 bits per heavy atom. The SMILES string of the molecule is CNC(=O)C(C)N1CCC(C)(C(=O)O)CC1. The van der Waals surface area contributed by atoms with Crippen molar-refractivity contribution in [2.75, 3.05) is 20.1 Å². The lowest BCUT2D eigenvalue weighted by Gasteiger charge is -2.38. The molecule has 0 spiro atoms. The Hall–Kier alpha value is -1.10. The number of likely N-dealkylation sites (tertiary alicyclic amines) is 1. The van der Waals surface area contributed by atoms with Gasteiger partial charge in [-0.25, -0.2) is 0 Å². The zero-order chi connectivity index (χ0) is 12.3. The fourth-order valence-corrected chi connectivity index (χ4v) is 1.99. The summed E-state index contributed by atoms with van der Waals surface area (Å²) in [5.41, 5.74) is -0.626. The average Bonchev–Trinajstić information content (AvgIpc) is 2.28. The third-order valence-corrected chi connectivity index (χ3v) is 3.59. The quantitative estimate of drug-likeness (QED) is 0.729. The lowest BCUT2D eigenvalue weighted by Crippen LogP contribution is -2.50. The fourth-order valence-electron chi connectivity index (χ4n) is 1.99. The van der Waals surface area contributed by atoms with Gasteiger partial charge in [0.15, 0.2) is 0 Å². The number of carbonyl (C=O) groups excluding carboxylic acids is 1. The highest BCUT2D eigenvalue weighted by Gasteiger charge is 2.38. The van der Waals surface area contributed by atoms with Crippen LogP contribution in [0.15, 0.2) is 0 Å². The monoisotopic (exact) mass is 228 g/mol. The van der Waals surface area contributed by atoms with E-state index in [1.54, 1.807) is 14.0 Å². The number of amides is 1. The van der Waals surface area contributed by atoms with Crippen molar-refractivity contribution in [2.45, 2.75) is 32.7 Å². The van der Waals surface area contributed by atoms with E-state index in [0.29, 0.717) is 25.9 Å². The van der Waals surface area contributed by atoms with Crippen molar-refractivity contribution < 1.29 is 14.7 Å². The van der Waals surface area contributed by atoms with Gasteiger partial charge in [0.2, 0.25) is 5.91 Å². The molecule has 1 unspecified atom stereocenters. The summed E-state index contributed by atoms with van der Waals surface area (Å²) < 4.78 is 0. The summed E-state index contributed by atoms with van der Waals surface area (Å²) in [7, 11) is 1.62. The Labute approximate surface area is 95.8 Å². The van der Waals surface area contributed by atoms with Gasteiger partial charge in [-0.15, -0.1) is 0 Å². The minimum absolute atomic E-state index is 0.0149. The number of piperidine rings is 1. The number of carbonyl (C=O) groups is 2. The predicted octanol–water partition coefficient (Wildman–Crippen LogP) is 0.308. The first-order valence-electron chi connectivity index (χ1n) is 5.60. The predicted molar refractivity (Wildman–Crippen MR) is 60.1 cm³/mol. The maximum Gasteiger partial charge on any atom is 0.309 e. The molecule has 1 saturated heterocycles. The summed E-state index contributed by atoms with van der Waals surface area (Å²) in [6.45, 7) is 4.95. The summed E-state index contributed by atoms with van der Waals surface area (Å²) in [5, 5.41) is 11.7. The molecule has 1 atom stereocenters. The minimum atomic E-state index is -0.736. The van der Waals surface area contributed by atoms with Crippen molar-refractivity contribution in [3.8, 4) is 0 Å². The standard InChI is InChI=1S/C11H20N2O3/c1-8(9(14)12-3)13-6-4-11(2,5-7-13)10(15)16/h8H,4-7H2,1-3H3,(H,12,14)(H,15,16). The third-order valence-electron chi connectivity index (χ3n) is 3.59. The number of carboxylic acid groups (broad SMARTS) is 1. The van der Waals surface area contributed by atoms with Crippen LogP contribution in [0.3, 0.4) is 0 Å². The van der Waals surface area contributed by atoms with Gasteiger partial charge in [-0.3, -0.25) is 14.5 Å². The first-order valence-corrected chi connectivity index (χ1v) is 5.60. The van der Waals surface area contributed by atoms with E-state index in [2.05, 4.69) is 5.32 Å². The van der Waals surface area contributed by atoms with Gasteiger partial charge in [0, 0.05) is 7.05 Å². The number of nitrogens with zero attached hydrogens (tertiary/aromatic N) is 1. The summed E-state index contributed by atoms with van der Waals surface area (Å²) >= 11 is 0. The molecule has 0 saturated carbocycles. The number of carboxylic acids is 1. The van der Waals surface area contributed by atoms with Crippen molar-refractivity contribution in [3.05, 3.63) is 0 Å². The first kappa shape index (κ1) is 13.0. The molecule has 1 fully saturated rings. The van der Waals surface area contributed by atoms with Gasteiger partial charge in [-0.1, -0.05) is 0 Å². The maximum absolute atomic E-state index is 11.4. The number of likely N-dealkylation sites (N-methyl/N-ethyl adjacent to an activating group) is 1. The summed E-state index contributed by atoms with van der Waals surface area (Å²) in [4.78, 5) is 24.5. The Morgan fingerprint density at radius 1 is 1.38 bits per heavy atom. The van der Waals surface area contributed by atoms with Gasteiger partial charge >= 0.3 is 5.97 Å². The molecule has 1 aliphatic heterocycles. The van der Waals surface area contributed by atoms with Crippen molar-refractivity contribution >= 4 is 11.9 Å². The number of aliphatic carboxylic acids is 1. The highest BCUT2D eigenvalue weighted by Crippen LogP contribution is 2.31. The van der Waals surface area contributed by atoms with Crippen LogP contribution in [0.4, 0.5) is 0 Å². The Kier molecular flexibility index (Phi) is 3.91. The second kappa shape index (κ2) is 4.82. The number of rotatable bonds is 3. The van der Waals surface area contributed by atoms with Crippen LogP contribution in [-0.2, 0) is 9.59 Å². The van der Waals surface area contributed by atoms with Crippen molar-refractivity contribution in [3.63, 3.8) is 0 Å². The number of hydrogen-bond donors (Lipinski definition) is 2. The van der Waals surface area contributed by atoms with E-state index < -0.39 is 11.4 Å². The van der Waals surface area contributed by atoms with Gasteiger partial charge in [0.05, 0.1) is 11.5 Å². The van der Waals surface area contributed by atoms with Crippen molar-refractivity contribution in [1.82, 2.24) is 10.2 Å². The first-order chi connectivity index (χ1) is 7.40. The van der Waals surface area contributed by atoms with Gasteiger partial charge in [-0.2, -0.15) is 0 Å². The van der Waals surface area contributed by atoms with Crippen LogP contribution >= 0.6 is 0 Å². The summed E-state index contributed by atoms with van der Waals surface area (Å²) in [6, 6.07) is -0.177. The van der Waals surface area contributed by atoms with Gasteiger partial charge in [0.1, 0.15) is 0 Å². The molecule has 0 aromatic carbocycles. The van der Waals surface area contributed by atoms with E-state index in [-0.39, 0.29) is 11.9 Å². The van der Waals surface area contributed by atoms with Crippen LogP contribution in [-0.4, -0.2) is 48.1 Å². The molecule has 0 aromatic rings. The molecule has 0 aliphatic carbocycles. The maximum atomic E-state index is 11.4. The molecular formula is C11H20N2O3. The molecule has 0 aromatic heterocycles. The van der Waals surface area contributed by atoms with Gasteiger partial charge in [0.25, 0.3) is 0 Å². The molecule has 1 aliphatic rings. The molecule has 5 heteroatoms. The normalized spacial score (nSPS) is 22.4. The largest absolute Gasteiger partial charge is 0.481 e. The topological polar surface area (TPSA) is 69.6 Å². The van der Waals surface area contributed by atoms with Crippen molar-refractivity contribution in [1.29, 1.82) is 0 Å². The van der Waals surface area contributed by atoms with Crippen LogP contribution in [0, 0.1) is 5.41 Å². The van der Waals surface area contributed by atoms with E-state index >= 15 is 0 Å². The van der Waals surface area contributed by atoms with Crippen molar-refractivity contribution in [2.24, 2.45) is 5.41 Å². The molecule has 1 rings (SSSR count). The molecular weight excluding hydrogens is 208 g/mol. The molecule has 1 heterocycles. The van der Waals surface area contributed by atoms with Crippen LogP contribution in [0.25, 0.3) is 0 Å². The fraction of sp³-hybridized carbons (Fsp3) is 0.818. The second-order valence-corrected chi connectivity index (χ2v) is 4.69. The average molecular weight is 228 g/mol. The lowest BCUT2D eigenvalue weighted by molar-refractivity contribution is -0.151. The minimum Gasteiger partial charge on any atom is -0.481 e. The third kappa shape index (κ3) is 2.52. The second-order valence-electron chi connectivity index (χ2n) is 4.69. The van der Waals surface area contributed by atoms with Gasteiger partial charge in [-0.05, 0) is 39.8 Å². The molecule has 92 valence electrons. The molecule has 16 heavy (non-hydrogen) atoms. The zero-order valence-corrected chi connectivity index (χ0v) is 10.1. The van der Waals surface area contributed by atoms with Crippen LogP contribution < -0.4 is 5.32 Å². The summed E-state index contributed by atoms with van der Waals surface area (Å²) in [6.07, 6.45) is 1.20. The van der Waals surface area contributed by atoms with E-state index in [4.69, 9.17) is 5.11 Å². The van der Waals surface area contributed by atoms with E-state index in [0.717, 1.165) is 0 Å². The number of nitrogens with one attached hydrogen (secondary N) is 1. The van der Waals surface area contributed by atoms with E-state index in [9.17, 15) is 9.59 Å². The Morgan fingerprint density at radius 3 is 2.25 bits per heavy atom. The zero-order valence-electron chi connectivity index (χ0n) is 10.1. The Bertz CT molecular complexity index is 283. The highest BCUT2D eigenvalue weighted by molar-refractivity contribution is 5.81. The van der Waals surface area contributed by atoms with E-state index in [1.807, 2.05) is 11.8 Å². The Balaban J connectivity index is 2.55. The summed E-state index contributed by atoms with van der Waals surface area (Å²) in [5.74, 6) is -0.751. The molecule has 1 amide bonds. The van der Waals surface area contributed by atoms with Gasteiger partial charge < -0.3 is 10.4 Å². The van der Waals surface area contributed by atoms with Crippen LogP contribution in [0.5, 0.6) is 0 Å². The molecule has 5 nitrogen and oxygen atoms in total. The number of hydrogen-bond acceptors (Lipinski definition) is 3. The van der Waals surface area contributed by atoms with Crippen LogP contribution in [0.1, 0.15) is 26.7 Å². The van der Waals surface area contributed by atoms with Crippen LogP contribution in [0.2, 0.25) is 0 Å².